The molecule has 0 aromatic heterocycles. The van der Waals surface area contributed by atoms with Crippen LogP contribution in [0.5, 0.6) is 0 Å². The Morgan fingerprint density at radius 2 is 2.00 bits per heavy atom. The highest BCUT2D eigenvalue weighted by Crippen LogP contribution is 2.50. The molecule has 5 atom stereocenters. The average molecular weight is 294 g/mol. The van der Waals surface area contributed by atoms with E-state index < -0.39 is 0 Å². The van der Waals surface area contributed by atoms with E-state index in [1.807, 2.05) is 0 Å². The van der Waals surface area contributed by atoms with Gasteiger partial charge in [-0.15, -0.1) is 0 Å². The average Bonchev–Trinajstić information content (AvgIpc) is 3.15. The lowest BCUT2D eigenvalue weighted by Gasteiger charge is -2.49. The van der Waals surface area contributed by atoms with E-state index in [4.69, 9.17) is 4.74 Å². The molecule has 122 valence electrons. The van der Waals surface area contributed by atoms with E-state index in [2.05, 4.69) is 31.1 Å². The van der Waals surface area contributed by atoms with Crippen molar-refractivity contribution in [2.75, 3.05) is 33.4 Å². The van der Waals surface area contributed by atoms with Gasteiger partial charge in [-0.05, 0) is 63.8 Å². The predicted octanol–water partition coefficient (Wildman–Crippen LogP) is 2.90. The van der Waals surface area contributed by atoms with Crippen LogP contribution in [-0.4, -0.2) is 49.8 Å². The first-order valence-electron chi connectivity index (χ1n) is 9.17. The van der Waals surface area contributed by atoms with Gasteiger partial charge in [-0.2, -0.15) is 0 Å². The molecule has 0 amide bonds. The number of morpholine rings is 1. The minimum Gasteiger partial charge on any atom is -0.379 e. The third-order valence-corrected chi connectivity index (χ3v) is 6.97. The van der Waals surface area contributed by atoms with Crippen LogP contribution in [0, 0.1) is 17.8 Å². The number of ether oxygens (including phenoxy) is 1. The second-order valence-electron chi connectivity index (χ2n) is 7.82. The Balaban J connectivity index is 1.67. The Morgan fingerprint density at radius 3 is 2.52 bits per heavy atom. The Labute approximate surface area is 130 Å². The minimum atomic E-state index is 0.278. The van der Waals surface area contributed by atoms with Gasteiger partial charge in [-0.1, -0.05) is 13.3 Å². The Bertz CT molecular complexity index is 342. The monoisotopic (exact) mass is 294 g/mol. The molecule has 2 saturated carbocycles. The van der Waals surface area contributed by atoms with Gasteiger partial charge < -0.3 is 10.1 Å². The summed E-state index contributed by atoms with van der Waals surface area (Å²) in [5.74, 6) is 3.08. The van der Waals surface area contributed by atoms with Crippen molar-refractivity contribution >= 4 is 0 Å². The molecule has 1 heterocycles. The van der Waals surface area contributed by atoms with E-state index in [-0.39, 0.29) is 5.54 Å². The Morgan fingerprint density at radius 1 is 1.24 bits per heavy atom. The molecule has 1 saturated heterocycles. The quantitative estimate of drug-likeness (QED) is 0.815. The zero-order chi connectivity index (χ0) is 14.9. The molecule has 0 spiro atoms. The van der Waals surface area contributed by atoms with Gasteiger partial charge in [0.25, 0.3) is 0 Å². The molecule has 0 aromatic rings. The van der Waals surface area contributed by atoms with Crippen molar-refractivity contribution in [1.29, 1.82) is 0 Å². The molecule has 2 bridgehead atoms. The highest BCUT2D eigenvalue weighted by atomic mass is 16.5. The molecule has 21 heavy (non-hydrogen) atoms. The van der Waals surface area contributed by atoms with Gasteiger partial charge in [-0.3, -0.25) is 4.90 Å². The third-order valence-electron chi connectivity index (χ3n) is 6.97. The molecular formula is C18H34N2O. The fourth-order valence-corrected chi connectivity index (χ4v) is 5.42. The largest absolute Gasteiger partial charge is 0.379 e. The van der Waals surface area contributed by atoms with Gasteiger partial charge in [0.05, 0.1) is 13.2 Å². The second-order valence-corrected chi connectivity index (χ2v) is 7.82. The van der Waals surface area contributed by atoms with Crippen molar-refractivity contribution in [2.24, 2.45) is 17.8 Å². The molecule has 1 aliphatic heterocycles. The zero-order valence-corrected chi connectivity index (χ0v) is 14.2. The summed E-state index contributed by atoms with van der Waals surface area (Å²) in [5.41, 5.74) is 0.278. The summed E-state index contributed by atoms with van der Waals surface area (Å²) >= 11 is 0. The highest BCUT2D eigenvalue weighted by Gasteiger charge is 2.44. The number of likely N-dealkylation sites (N-methyl/N-ethyl adjacent to an activating group) is 1. The molecule has 5 unspecified atom stereocenters. The first-order chi connectivity index (χ1) is 10.2. The number of rotatable bonds is 6. The summed E-state index contributed by atoms with van der Waals surface area (Å²) in [7, 11) is 2.17. The van der Waals surface area contributed by atoms with Gasteiger partial charge in [-0.25, -0.2) is 0 Å². The molecule has 0 aromatic carbocycles. The maximum atomic E-state index is 5.56. The predicted molar refractivity (Wildman–Crippen MR) is 87.5 cm³/mol. The van der Waals surface area contributed by atoms with E-state index in [0.717, 1.165) is 44.1 Å². The molecule has 1 N–H and O–H groups in total. The fourth-order valence-electron chi connectivity index (χ4n) is 5.42. The van der Waals surface area contributed by atoms with Gasteiger partial charge >= 0.3 is 0 Å². The van der Waals surface area contributed by atoms with Crippen LogP contribution in [0.4, 0.5) is 0 Å². The van der Waals surface area contributed by atoms with E-state index in [9.17, 15) is 0 Å². The number of hydrogen-bond donors (Lipinski definition) is 1. The zero-order valence-electron chi connectivity index (χ0n) is 14.2. The first-order valence-corrected chi connectivity index (χ1v) is 9.17. The van der Waals surface area contributed by atoms with Crippen molar-refractivity contribution in [2.45, 2.75) is 64.0 Å². The summed E-state index contributed by atoms with van der Waals surface area (Å²) in [6, 6.07) is 0.616. The lowest BCUT2D eigenvalue weighted by Crippen LogP contribution is -2.61. The molecule has 3 aliphatic rings. The van der Waals surface area contributed by atoms with Gasteiger partial charge in [0.15, 0.2) is 0 Å². The maximum absolute atomic E-state index is 5.56. The third kappa shape index (κ3) is 3.02. The number of nitrogens with zero attached hydrogens (tertiary/aromatic N) is 1. The van der Waals surface area contributed by atoms with Crippen LogP contribution < -0.4 is 5.32 Å². The first kappa shape index (κ1) is 15.8. The van der Waals surface area contributed by atoms with Crippen LogP contribution in [0.1, 0.15) is 52.4 Å². The number of fused-ring (bicyclic) bond motifs is 2. The van der Waals surface area contributed by atoms with Crippen LogP contribution in [0.2, 0.25) is 0 Å². The lowest BCUT2D eigenvalue weighted by molar-refractivity contribution is -0.0354. The van der Waals surface area contributed by atoms with Crippen LogP contribution in [0.3, 0.4) is 0 Å². The SMILES string of the molecule is CCC(C)(C(CC1CC2CCC1C2)NC)N1CCOCC1. The molecule has 3 heteroatoms. The van der Waals surface area contributed by atoms with Crippen LogP contribution in [0.25, 0.3) is 0 Å². The minimum absolute atomic E-state index is 0.278. The van der Waals surface area contributed by atoms with E-state index >= 15 is 0 Å². The molecule has 3 nitrogen and oxygen atoms in total. The Kier molecular flexibility index (Phi) is 4.92. The summed E-state index contributed by atoms with van der Waals surface area (Å²) in [6.45, 7) is 8.84. The lowest BCUT2D eigenvalue weighted by atomic mass is 9.77. The van der Waals surface area contributed by atoms with Gasteiger partial charge in [0.2, 0.25) is 0 Å². The van der Waals surface area contributed by atoms with Crippen molar-refractivity contribution < 1.29 is 4.74 Å². The van der Waals surface area contributed by atoms with Gasteiger partial charge in [0.1, 0.15) is 0 Å². The molecular weight excluding hydrogens is 260 g/mol. The smallest absolute Gasteiger partial charge is 0.0594 e. The molecule has 2 aliphatic carbocycles. The fraction of sp³-hybridized carbons (Fsp3) is 1.00. The van der Waals surface area contributed by atoms with E-state index in [0.29, 0.717) is 6.04 Å². The molecule has 3 fully saturated rings. The van der Waals surface area contributed by atoms with Crippen molar-refractivity contribution in [1.82, 2.24) is 10.2 Å². The molecule has 0 radical (unpaired) electrons. The molecule has 3 rings (SSSR count). The van der Waals surface area contributed by atoms with Gasteiger partial charge in [0, 0.05) is 24.7 Å². The van der Waals surface area contributed by atoms with Crippen LogP contribution >= 0.6 is 0 Å². The summed E-state index contributed by atoms with van der Waals surface area (Å²) in [5, 5.41) is 3.69. The summed E-state index contributed by atoms with van der Waals surface area (Å²) in [6.07, 6.45) is 8.65. The van der Waals surface area contributed by atoms with Crippen molar-refractivity contribution in [3.63, 3.8) is 0 Å². The Hall–Kier alpha value is -0.120. The summed E-state index contributed by atoms with van der Waals surface area (Å²) in [4.78, 5) is 2.69. The normalized spacial score (nSPS) is 37.6. The number of nitrogens with one attached hydrogen (secondary N) is 1. The van der Waals surface area contributed by atoms with Crippen LogP contribution in [-0.2, 0) is 4.74 Å². The summed E-state index contributed by atoms with van der Waals surface area (Å²) < 4.78 is 5.56. The van der Waals surface area contributed by atoms with E-state index in [1.54, 1.807) is 0 Å². The maximum Gasteiger partial charge on any atom is 0.0594 e. The highest BCUT2D eigenvalue weighted by molar-refractivity contribution is 5.00. The van der Waals surface area contributed by atoms with E-state index in [1.165, 1.54) is 38.5 Å². The standard InChI is InChI=1S/C18H34N2O/c1-4-18(2,20-7-9-21-10-8-20)17(19-3)13-16-12-14-5-6-15(16)11-14/h14-17,19H,4-13H2,1-3H3. The van der Waals surface area contributed by atoms with Crippen molar-refractivity contribution in [3.8, 4) is 0 Å². The second kappa shape index (κ2) is 6.55. The van der Waals surface area contributed by atoms with Crippen LogP contribution in [0.15, 0.2) is 0 Å². The number of hydrogen-bond acceptors (Lipinski definition) is 3. The van der Waals surface area contributed by atoms with Crippen molar-refractivity contribution in [3.05, 3.63) is 0 Å². The topological polar surface area (TPSA) is 24.5 Å².